The van der Waals surface area contributed by atoms with Crippen molar-refractivity contribution in [1.29, 1.82) is 0 Å². The molecule has 0 aromatic heterocycles. The Balaban J connectivity index is 1.50. The van der Waals surface area contributed by atoms with Gasteiger partial charge in [0.1, 0.15) is 5.75 Å². The first-order valence-corrected chi connectivity index (χ1v) is 13.4. The Bertz CT molecular complexity index is 1450. The summed E-state index contributed by atoms with van der Waals surface area (Å²) in [5, 5.41) is 3.50. The van der Waals surface area contributed by atoms with Gasteiger partial charge in [0.2, 0.25) is 0 Å². The predicted octanol–water partition coefficient (Wildman–Crippen LogP) is 8.26. The number of amides is 1. The summed E-state index contributed by atoms with van der Waals surface area (Å²) in [5.74, 6) is -1.03. The fourth-order valence-electron chi connectivity index (χ4n) is 5.30. The third-order valence-corrected chi connectivity index (χ3v) is 7.35. The van der Waals surface area contributed by atoms with Crippen LogP contribution >= 0.6 is 0 Å². The summed E-state index contributed by atoms with van der Waals surface area (Å²) < 4.78 is 45.5. The molecule has 206 valence electrons. The van der Waals surface area contributed by atoms with Gasteiger partial charge in [0.15, 0.2) is 0 Å². The van der Waals surface area contributed by atoms with E-state index < -0.39 is 18.1 Å². The van der Waals surface area contributed by atoms with Gasteiger partial charge in [-0.2, -0.15) is 13.2 Å². The van der Waals surface area contributed by atoms with Gasteiger partial charge in [-0.15, -0.1) is 0 Å². The van der Waals surface area contributed by atoms with Crippen LogP contribution in [0.1, 0.15) is 36.4 Å². The second kappa shape index (κ2) is 11.9. The number of anilines is 1. The highest BCUT2D eigenvalue weighted by Gasteiger charge is 2.45. The normalized spacial score (nSPS) is 15.5. The SMILES string of the molecule is COc1cccc(CNc2cc(C3CCCCN3C(=O)C(F)(F)F)ccc2-c2ccc(-c3ccccc3)cc2)c1. The molecule has 1 amide bonds. The van der Waals surface area contributed by atoms with E-state index in [4.69, 9.17) is 4.74 Å². The Labute approximate surface area is 232 Å². The average molecular weight is 545 g/mol. The summed E-state index contributed by atoms with van der Waals surface area (Å²) in [6, 6.07) is 31.1. The summed E-state index contributed by atoms with van der Waals surface area (Å²) in [7, 11) is 1.62. The molecule has 1 heterocycles. The van der Waals surface area contributed by atoms with Crippen LogP contribution in [0.15, 0.2) is 97.1 Å². The Hall–Kier alpha value is -4.26. The van der Waals surface area contributed by atoms with Crippen LogP contribution in [0.25, 0.3) is 22.3 Å². The molecule has 0 aliphatic carbocycles. The van der Waals surface area contributed by atoms with Crippen molar-refractivity contribution >= 4 is 11.6 Å². The number of nitrogens with zero attached hydrogens (tertiary/aromatic N) is 1. The van der Waals surface area contributed by atoms with E-state index in [9.17, 15) is 18.0 Å². The first kappa shape index (κ1) is 27.3. The molecule has 4 aromatic carbocycles. The van der Waals surface area contributed by atoms with Crippen LogP contribution in [0.5, 0.6) is 5.75 Å². The minimum absolute atomic E-state index is 0.0955. The van der Waals surface area contributed by atoms with Gasteiger partial charge < -0.3 is 15.0 Å². The minimum atomic E-state index is -4.90. The first-order chi connectivity index (χ1) is 19.3. The quantitative estimate of drug-likeness (QED) is 0.255. The number of alkyl halides is 3. The maximum absolute atomic E-state index is 13.4. The molecule has 7 heteroatoms. The summed E-state index contributed by atoms with van der Waals surface area (Å²) in [6.45, 7) is 0.587. The van der Waals surface area contributed by atoms with Crippen molar-refractivity contribution in [2.75, 3.05) is 19.0 Å². The number of likely N-dealkylation sites (tertiary alicyclic amines) is 1. The fraction of sp³-hybridized carbons (Fsp3) is 0.242. The fourth-order valence-corrected chi connectivity index (χ4v) is 5.30. The number of hydrogen-bond donors (Lipinski definition) is 1. The number of nitrogens with one attached hydrogen (secondary N) is 1. The van der Waals surface area contributed by atoms with Crippen LogP contribution in [0, 0.1) is 0 Å². The van der Waals surface area contributed by atoms with E-state index in [1.54, 1.807) is 7.11 Å². The number of ether oxygens (including phenoxy) is 1. The molecule has 1 unspecified atom stereocenters. The largest absolute Gasteiger partial charge is 0.497 e. The van der Waals surface area contributed by atoms with Crippen LogP contribution in [0.2, 0.25) is 0 Å². The van der Waals surface area contributed by atoms with Crippen molar-refractivity contribution in [2.24, 2.45) is 0 Å². The molecule has 1 N–H and O–H groups in total. The predicted molar refractivity (Wildman–Crippen MR) is 152 cm³/mol. The second-order valence-electron chi connectivity index (χ2n) is 9.96. The number of carbonyl (C=O) groups is 1. The molecule has 0 spiro atoms. The number of rotatable bonds is 7. The topological polar surface area (TPSA) is 41.6 Å². The molecule has 4 aromatic rings. The number of halogens is 3. The van der Waals surface area contributed by atoms with Crippen LogP contribution in [0.3, 0.4) is 0 Å². The van der Waals surface area contributed by atoms with Crippen LogP contribution in [-0.4, -0.2) is 30.6 Å². The maximum atomic E-state index is 13.4. The van der Waals surface area contributed by atoms with E-state index in [1.165, 1.54) is 0 Å². The summed E-state index contributed by atoms with van der Waals surface area (Å²) in [6.07, 6.45) is -3.08. The Kier molecular flexibility index (Phi) is 8.10. The zero-order chi connectivity index (χ0) is 28.1. The van der Waals surface area contributed by atoms with Gasteiger partial charge in [0, 0.05) is 24.3 Å². The zero-order valence-electron chi connectivity index (χ0n) is 22.2. The number of methoxy groups -OCH3 is 1. The molecule has 1 fully saturated rings. The molecule has 0 bridgehead atoms. The van der Waals surface area contributed by atoms with E-state index >= 15 is 0 Å². The number of piperidine rings is 1. The van der Waals surface area contributed by atoms with Gasteiger partial charge in [-0.05, 0) is 65.3 Å². The summed E-state index contributed by atoms with van der Waals surface area (Å²) in [4.78, 5) is 13.3. The molecule has 1 aliphatic rings. The van der Waals surface area contributed by atoms with Crippen molar-refractivity contribution in [3.05, 3.63) is 108 Å². The lowest BCUT2D eigenvalue weighted by molar-refractivity contribution is -0.189. The highest BCUT2D eigenvalue weighted by Crippen LogP contribution is 2.38. The van der Waals surface area contributed by atoms with Crippen molar-refractivity contribution in [3.8, 4) is 28.0 Å². The smallest absolute Gasteiger partial charge is 0.471 e. The standard InChI is InChI=1S/C33H31F3N2O2/c1-40-28-11-7-8-23(20-28)22-37-30-21-27(31-12-5-6-19-38(31)32(39)33(34,35)36)17-18-29(30)26-15-13-25(14-16-26)24-9-3-2-4-10-24/h2-4,7-11,13-18,20-21,31,37H,5-6,12,19,22H2,1H3. The van der Waals surface area contributed by atoms with Crippen molar-refractivity contribution < 1.29 is 22.7 Å². The number of carbonyl (C=O) groups excluding carboxylic acids is 1. The maximum Gasteiger partial charge on any atom is 0.471 e. The Morgan fingerprint density at radius 1 is 0.875 bits per heavy atom. The van der Waals surface area contributed by atoms with E-state index in [2.05, 4.69) is 29.6 Å². The molecule has 5 rings (SSSR count). The van der Waals surface area contributed by atoms with E-state index in [1.807, 2.05) is 72.8 Å². The van der Waals surface area contributed by atoms with Gasteiger partial charge in [0.25, 0.3) is 0 Å². The van der Waals surface area contributed by atoms with Gasteiger partial charge in [-0.3, -0.25) is 4.79 Å². The van der Waals surface area contributed by atoms with Crippen LogP contribution < -0.4 is 10.1 Å². The molecular formula is C33H31F3N2O2. The molecule has 40 heavy (non-hydrogen) atoms. The third-order valence-electron chi connectivity index (χ3n) is 7.35. The molecular weight excluding hydrogens is 513 g/mol. The minimum Gasteiger partial charge on any atom is -0.497 e. The van der Waals surface area contributed by atoms with Gasteiger partial charge in [-0.1, -0.05) is 78.9 Å². The molecule has 1 saturated heterocycles. The van der Waals surface area contributed by atoms with E-state index in [0.29, 0.717) is 24.9 Å². The monoisotopic (exact) mass is 544 g/mol. The molecule has 1 aliphatic heterocycles. The highest BCUT2D eigenvalue weighted by atomic mass is 19.4. The molecule has 0 radical (unpaired) electrons. The number of benzene rings is 4. The lowest BCUT2D eigenvalue weighted by Crippen LogP contribution is -2.45. The first-order valence-electron chi connectivity index (χ1n) is 13.4. The lowest BCUT2D eigenvalue weighted by atomic mass is 9.92. The van der Waals surface area contributed by atoms with Crippen molar-refractivity contribution in [3.63, 3.8) is 0 Å². The van der Waals surface area contributed by atoms with E-state index in [0.717, 1.165) is 50.6 Å². The van der Waals surface area contributed by atoms with Crippen LogP contribution in [0.4, 0.5) is 18.9 Å². The van der Waals surface area contributed by atoms with Gasteiger partial charge in [-0.25, -0.2) is 0 Å². The summed E-state index contributed by atoms with van der Waals surface area (Å²) in [5.41, 5.74) is 6.60. The van der Waals surface area contributed by atoms with Crippen molar-refractivity contribution in [1.82, 2.24) is 4.90 Å². The Morgan fingerprint density at radius 2 is 1.60 bits per heavy atom. The average Bonchev–Trinajstić information content (AvgIpc) is 2.99. The van der Waals surface area contributed by atoms with Gasteiger partial charge in [0.05, 0.1) is 13.2 Å². The van der Waals surface area contributed by atoms with Gasteiger partial charge >= 0.3 is 12.1 Å². The lowest BCUT2D eigenvalue weighted by Gasteiger charge is -2.36. The Morgan fingerprint density at radius 3 is 2.33 bits per heavy atom. The summed E-state index contributed by atoms with van der Waals surface area (Å²) >= 11 is 0. The number of hydrogen-bond acceptors (Lipinski definition) is 3. The van der Waals surface area contributed by atoms with Crippen molar-refractivity contribution in [2.45, 2.75) is 38.0 Å². The zero-order valence-corrected chi connectivity index (χ0v) is 22.2. The van der Waals surface area contributed by atoms with E-state index in [-0.39, 0.29) is 6.54 Å². The van der Waals surface area contributed by atoms with Crippen LogP contribution in [-0.2, 0) is 11.3 Å². The third kappa shape index (κ3) is 6.14. The second-order valence-corrected chi connectivity index (χ2v) is 9.96. The molecule has 0 saturated carbocycles. The molecule has 1 atom stereocenters. The highest BCUT2D eigenvalue weighted by molar-refractivity contribution is 5.83. The molecule has 4 nitrogen and oxygen atoms in total.